The molecule has 6 heteroatoms. The van der Waals surface area contributed by atoms with Crippen LogP contribution in [0.4, 0.5) is 17.8 Å². The van der Waals surface area contributed by atoms with E-state index in [1.165, 1.54) is 25.7 Å². The summed E-state index contributed by atoms with van der Waals surface area (Å²) < 4.78 is 0. The molecule has 0 spiro atoms. The zero-order chi connectivity index (χ0) is 13.7. The molecule has 2 N–H and O–H groups in total. The maximum Gasteiger partial charge on any atom is 0.231 e. The highest BCUT2D eigenvalue weighted by Crippen LogP contribution is 2.21. The van der Waals surface area contributed by atoms with E-state index in [0.717, 1.165) is 13.0 Å². The number of hydrogen-bond acceptors (Lipinski definition) is 6. The van der Waals surface area contributed by atoms with Crippen LogP contribution in [-0.4, -0.2) is 41.6 Å². The number of rotatable bonds is 6. The van der Waals surface area contributed by atoms with Crippen LogP contribution in [0.3, 0.4) is 0 Å². The summed E-state index contributed by atoms with van der Waals surface area (Å²) >= 11 is 0. The molecule has 0 bridgehead atoms. The maximum atomic E-state index is 4.46. The predicted octanol–water partition coefficient (Wildman–Crippen LogP) is 2.11. The summed E-state index contributed by atoms with van der Waals surface area (Å²) in [6.07, 6.45) is 6.06. The number of anilines is 3. The van der Waals surface area contributed by atoms with Crippen molar-refractivity contribution in [1.82, 2.24) is 15.0 Å². The van der Waals surface area contributed by atoms with Gasteiger partial charge < -0.3 is 15.5 Å². The zero-order valence-electron chi connectivity index (χ0n) is 12.1. The molecule has 6 nitrogen and oxygen atoms in total. The van der Waals surface area contributed by atoms with Crippen LogP contribution in [0.1, 0.15) is 39.0 Å². The van der Waals surface area contributed by atoms with Gasteiger partial charge in [0.2, 0.25) is 17.8 Å². The van der Waals surface area contributed by atoms with E-state index in [4.69, 9.17) is 0 Å². The zero-order valence-corrected chi connectivity index (χ0v) is 12.1. The molecule has 0 amide bonds. The summed E-state index contributed by atoms with van der Waals surface area (Å²) in [6.45, 7) is 3.00. The molecule has 1 heterocycles. The second kappa shape index (κ2) is 6.54. The smallest absolute Gasteiger partial charge is 0.231 e. The quantitative estimate of drug-likeness (QED) is 0.820. The number of hydrogen-bond donors (Lipinski definition) is 2. The molecule has 1 aromatic rings. The molecule has 106 valence electrons. The van der Waals surface area contributed by atoms with Crippen molar-refractivity contribution in [3.63, 3.8) is 0 Å². The molecule has 2 rings (SSSR count). The Morgan fingerprint density at radius 1 is 1.11 bits per heavy atom. The van der Waals surface area contributed by atoms with Gasteiger partial charge in [-0.2, -0.15) is 15.0 Å². The first-order valence-corrected chi connectivity index (χ1v) is 7.13. The molecule has 0 atom stereocenters. The summed E-state index contributed by atoms with van der Waals surface area (Å²) in [4.78, 5) is 15.2. The first-order valence-electron chi connectivity index (χ1n) is 7.13. The Labute approximate surface area is 115 Å². The minimum Gasteiger partial charge on any atom is -0.354 e. The van der Waals surface area contributed by atoms with Crippen molar-refractivity contribution in [3.05, 3.63) is 0 Å². The van der Waals surface area contributed by atoms with Crippen LogP contribution < -0.4 is 15.5 Å². The Morgan fingerprint density at radius 3 is 2.42 bits per heavy atom. The van der Waals surface area contributed by atoms with Crippen LogP contribution in [0.15, 0.2) is 0 Å². The molecule has 19 heavy (non-hydrogen) atoms. The summed E-state index contributed by atoms with van der Waals surface area (Å²) in [5.41, 5.74) is 0. The van der Waals surface area contributed by atoms with Gasteiger partial charge in [-0.15, -0.1) is 0 Å². The average Bonchev–Trinajstić information content (AvgIpc) is 2.89. The normalized spacial score (nSPS) is 15.5. The Hall–Kier alpha value is -1.59. The second-order valence-corrected chi connectivity index (χ2v) is 5.23. The van der Waals surface area contributed by atoms with Crippen LogP contribution in [0, 0.1) is 0 Å². The molecule has 0 saturated heterocycles. The lowest BCUT2D eigenvalue weighted by Crippen LogP contribution is -2.21. The van der Waals surface area contributed by atoms with E-state index in [9.17, 15) is 0 Å². The van der Waals surface area contributed by atoms with E-state index in [0.29, 0.717) is 23.9 Å². The van der Waals surface area contributed by atoms with Gasteiger partial charge in [-0.25, -0.2) is 0 Å². The lowest BCUT2D eigenvalue weighted by Gasteiger charge is -2.16. The third-order valence-corrected chi connectivity index (χ3v) is 3.25. The van der Waals surface area contributed by atoms with E-state index in [1.54, 1.807) is 0 Å². The van der Waals surface area contributed by atoms with Crippen molar-refractivity contribution in [3.8, 4) is 0 Å². The first-order chi connectivity index (χ1) is 9.19. The van der Waals surface area contributed by atoms with Crippen molar-refractivity contribution in [2.24, 2.45) is 0 Å². The fourth-order valence-corrected chi connectivity index (χ4v) is 2.20. The molecule has 0 radical (unpaired) electrons. The highest BCUT2D eigenvalue weighted by Gasteiger charge is 2.17. The molecule has 1 aliphatic carbocycles. The van der Waals surface area contributed by atoms with E-state index in [1.807, 2.05) is 19.0 Å². The maximum absolute atomic E-state index is 4.46. The molecule has 0 unspecified atom stereocenters. The van der Waals surface area contributed by atoms with E-state index < -0.39 is 0 Å². The van der Waals surface area contributed by atoms with Gasteiger partial charge in [-0.05, 0) is 19.3 Å². The van der Waals surface area contributed by atoms with Crippen molar-refractivity contribution in [2.45, 2.75) is 45.1 Å². The summed E-state index contributed by atoms with van der Waals surface area (Å²) in [7, 11) is 3.89. The van der Waals surface area contributed by atoms with Crippen LogP contribution in [-0.2, 0) is 0 Å². The monoisotopic (exact) mass is 264 g/mol. The number of nitrogens with zero attached hydrogens (tertiary/aromatic N) is 4. The summed E-state index contributed by atoms with van der Waals surface area (Å²) in [5, 5.41) is 6.65. The van der Waals surface area contributed by atoms with Crippen LogP contribution >= 0.6 is 0 Å². The van der Waals surface area contributed by atoms with E-state index in [2.05, 4.69) is 32.5 Å². The lowest BCUT2D eigenvalue weighted by molar-refractivity contribution is 0.741. The predicted molar refractivity (Wildman–Crippen MR) is 78.8 cm³/mol. The average molecular weight is 264 g/mol. The van der Waals surface area contributed by atoms with Crippen LogP contribution in [0.5, 0.6) is 0 Å². The molecule has 1 aliphatic rings. The third kappa shape index (κ3) is 3.94. The fraction of sp³-hybridized carbons (Fsp3) is 0.769. The highest BCUT2D eigenvalue weighted by molar-refractivity contribution is 5.43. The minimum absolute atomic E-state index is 0.511. The summed E-state index contributed by atoms with van der Waals surface area (Å²) in [6, 6.07) is 0.511. The number of aromatic nitrogens is 3. The third-order valence-electron chi connectivity index (χ3n) is 3.25. The Kier molecular flexibility index (Phi) is 4.76. The molecule has 0 aliphatic heterocycles. The Morgan fingerprint density at radius 2 is 1.79 bits per heavy atom. The van der Waals surface area contributed by atoms with E-state index in [-0.39, 0.29) is 0 Å². The van der Waals surface area contributed by atoms with E-state index >= 15 is 0 Å². The van der Waals surface area contributed by atoms with Gasteiger partial charge in [0, 0.05) is 26.7 Å². The minimum atomic E-state index is 0.511. The topological polar surface area (TPSA) is 66.0 Å². The summed E-state index contributed by atoms with van der Waals surface area (Å²) in [5.74, 6) is 2.03. The van der Waals surface area contributed by atoms with Gasteiger partial charge in [0.1, 0.15) is 0 Å². The van der Waals surface area contributed by atoms with Crippen molar-refractivity contribution >= 4 is 17.8 Å². The molecule has 1 saturated carbocycles. The standard InChI is InChI=1S/C13H24N6/c1-4-9-14-11-16-12(15-10-7-5-6-8-10)18-13(17-11)19(2)3/h10H,4-9H2,1-3H3,(H2,14,15,16,17,18). The van der Waals surface area contributed by atoms with Gasteiger partial charge in [-0.1, -0.05) is 19.8 Å². The SMILES string of the molecule is CCCNc1nc(NC2CCCC2)nc(N(C)C)n1. The molecular weight excluding hydrogens is 240 g/mol. The largest absolute Gasteiger partial charge is 0.354 e. The first kappa shape index (κ1) is 13.8. The lowest BCUT2D eigenvalue weighted by atomic mass is 10.3. The van der Waals surface area contributed by atoms with Crippen LogP contribution in [0.2, 0.25) is 0 Å². The van der Waals surface area contributed by atoms with Gasteiger partial charge in [-0.3, -0.25) is 0 Å². The Balaban J connectivity index is 2.12. The van der Waals surface area contributed by atoms with Crippen molar-refractivity contribution in [1.29, 1.82) is 0 Å². The fourth-order valence-electron chi connectivity index (χ4n) is 2.20. The van der Waals surface area contributed by atoms with Crippen molar-refractivity contribution in [2.75, 3.05) is 36.2 Å². The van der Waals surface area contributed by atoms with Crippen molar-refractivity contribution < 1.29 is 0 Å². The van der Waals surface area contributed by atoms with Crippen LogP contribution in [0.25, 0.3) is 0 Å². The van der Waals surface area contributed by atoms with Gasteiger partial charge in [0.05, 0.1) is 0 Å². The molecular formula is C13H24N6. The Bertz CT molecular complexity index is 400. The molecule has 0 aromatic carbocycles. The number of nitrogens with one attached hydrogen (secondary N) is 2. The van der Waals surface area contributed by atoms with Gasteiger partial charge >= 0.3 is 0 Å². The van der Waals surface area contributed by atoms with Gasteiger partial charge in [0.15, 0.2) is 0 Å². The molecule has 1 fully saturated rings. The molecule has 1 aromatic heterocycles. The van der Waals surface area contributed by atoms with Gasteiger partial charge in [0.25, 0.3) is 0 Å². The second-order valence-electron chi connectivity index (χ2n) is 5.23. The highest BCUT2D eigenvalue weighted by atomic mass is 15.3.